The van der Waals surface area contributed by atoms with Crippen LogP contribution in [0.3, 0.4) is 0 Å². The summed E-state index contributed by atoms with van der Waals surface area (Å²) in [6.45, 7) is 1.27. The maximum absolute atomic E-state index is 13.0. The Bertz CT molecular complexity index is 1340. The number of nitrogens with zero attached hydrogens (tertiary/aromatic N) is 5. The van der Waals surface area contributed by atoms with Crippen LogP contribution < -0.4 is 4.90 Å². The Morgan fingerprint density at radius 1 is 1.09 bits per heavy atom. The molecule has 3 aromatic heterocycles. The van der Waals surface area contributed by atoms with Crippen LogP contribution >= 0.6 is 11.3 Å². The highest BCUT2D eigenvalue weighted by Crippen LogP contribution is 2.35. The van der Waals surface area contributed by atoms with Gasteiger partial charge in [0.05, 0.1) is 16.3 Å². The molecule has 0 aliphatic carbocycles. The van der Waals surface area contributed by atoms with Crippen molar-refractivity contribution in [2.24, 2.45) is 0 Å². The van der Waals surface area contributed by atoms with Gasteiger partial charge in [-0.1, -0.05) is 24.3 Å². The number of carbonyl (C=O) groups excluding carboxylic acids is 1. The van der Waals surface area contributed by atoms with Gasteiger partial charge in [-0.3, -0.25) is 9.69 Å². The van der Waals surface area contributed by atoms with Gasteiger partial charge in [0.2, 0.25) is 10.1 Å². The highest BCUT2D eigenvalue weighted by molar-refractivity contribution is 7.91. The topological polar surface area (TPSA) is 106 Å². The minimum atomic E-state index is -4.80. The van der Waals surface area contributed by atoms with E-state index in [1.54, 1.807) is 0 Å². The van der Waals surface area contributed by atoms with Gasteiger partial charge in [-0.15, -0.1) is 10.2 Å². The zero-order valence-electron chi connectivity index (χ0n) is 17.1. The first kappa shape index (κ1) is 25.5. The number of alkyl halides is 6. The second kappa shape index (κ2) is 8.90. The van der Waals surface area contributed by atoms with E-state index in [1.165, 1.54) is 13.0 Å². The number of hydrogen-bond donors (Lipinski definition) is 0. The van der Waals surface area contributed by atoms with Crippen LogP contribution in [-0.2, 0) is 22.2 Å². The number of amides is 1. The molecule has 0 N–H and O–H groups in total. The zero-order valence-corrected chi connectivity index (χ0v) is 18.8. The summed E-state index contributed by atoms with van der Waals surface area (Å²) < 4.78 is 103. The predicted molar refractivity (Wildman–Crippen MR) is 108 cm³/mol. The van der Waals surface area contributed by atoms with Crippen molar-refractivity contribution in [2.75, 3.05) is 17.7 Å². The largest absolute Gasteiger partial charge is 0.445 e. The number of carbonyl (C=O) groups is 1. The van der Waals surface area contributed by atoms with Gasteiger partial charge in [-0.2, -0.15) is 26.3 Å². The Balaban J connectivity index is 2.08. The zero-order chi connectivity index (χ0) is 25.5. The number of hydrogen-bond acceptors (Lipinski definition) is 8. The van der Waals surface area contributed by atoms with Gasteiger partial charge < -0.3 is 0 Å². The average molecular weight is 525 g/mol. The van der Waals surface area contributed by atoms with Crippen molar-refractivity contribution >= 4 is 32.2 Å². The molecule has 0 aromatic carbocycles. The fourth-order valence-corrected chi connectivity index (χ4v) is 4.33. The fraction of sp³-hybridized carbons (Fsp3) is 0.278. The molecule has 0 saturated carbocycles. The van der Waals surface area contributed by atoms with Gasteiger partial charge in [0, 0.05) is 18.8 Å². The van der Waals surface area contributed by atoms with Crippen molar-refractivity contribution < 1.29 is 39.6 Å². The Hall–Kier alpha value is -3.14. The van der Waals surface area contributed by atoms with E-state index >= 15 is 0 Å². The van der Waals surface area contributed by atoms with E-state index in [0.29, 0.717) is 4.90 Å². The molecule has 3 aromatic rings. The van der Waals surface area contributed by atoms with Crippen molar-refractivity contribution in [2.45, 2.75) is 24.2 Å². The minimum Gasteiger partial charge on any atom is -0.284 e. The molecule has 0 radical (unpaired) electrons. The first-order valence-electron chi connectivity index (χ1n) is 9.11. The normalized spacial score (nSPS) is 12.6. The summed E-state index contributed by atoms with van der Waals surface area (Å²) in [5, 5.41) is 4.48. The number of anilines is 1. The Morgan fingerprint density at radius 3 is 2.32 bits per heavy atom. The molecule has 0 atom stereocenters. The third-order valence-corrected chi connectivity index (χ3v) is 7.14. The van der Waals surface area contributed by atoms with Gasteiger partial charge in [0.25, 0.3) is 5.91 Å². The Labute approximate surface area is 192 Å². The van der Waals surface area contributed by atoms with E-state index < -0.39 is 60.3 Å². The molecule has 0 saturated heterocycles. The van der Waals surface area contributed by atoms with Crippen molar-refractivity contribution in [3.05, 3.63) is 46.9 Å². The van der Waals surface area contributed by atoms with E-state index in [2.05, 4.69) is 20.2 Å². The number of sulfone groups is 1. The van der Waals surface area contributed by atoms with E-state index in [-0.39, 0.29) is 22.6 Å². The fourth-order valence-electron chi connectivity index (χ4n) is 2.60. The van der Waals surface area contributed by atoms with Crippen LogP contribution in [0.1, 0.15) is 28.1 Å². The van der Waals surface area contributed by atoms with Gasteiger partial charge >= 0.3 is 12.4 Å². The summed E-state index contributed by atoms with van der Waals surface area (Å²) in [6, 6.07) is 3.93. The molecule has 3 heterocycles. The summed E-state index contributed by atoms with van der Waals surface area (Å²) in [4.78, 5) is 20.2. The predicted octanol–water partition coefficient (Wildman–Crippen LogP) is 4.10. The first-order chi connectivity index (χ1) is 15.6. The SMILES string of the molecule is CCS(=O)(=O)c1cc(-c2cccc(C(F)(F)F)n2)cnc1C(=O)N(C)c1nnc(C(F)(F)F)s1. The summed E-state index contributed by atoms with van der Waals surface area (Å²) in [5.74, 6) is -1.60. The lowest BCUT2D eigenvalue weighted by atomic mass is 10.1. The Morgan fingerprint density at radius 2 is 1.76 bits per heavy atom. The third-order valence-electron chi connectivity index (χ3n) is 4.35. The third kappa shape index (κ3) is 5.16. The summed E-state index contributed by atoms with van der Waals surface area (Å²) in [7, 11) is -3.10. The van der Waals surface area contributed by atoms with Gasteiger partial charge in [-0.05, 0) is 18.2 Å². The van der Waals surface area contributed by atoms with Crippen molar-refractivity contribution in [3.63, 3.8) is 0 Å². The van der Waals surface area contributed by atoms with Crippen molar-refractivity contribution in [3.8, 4) is 11.3 Å². The van der Waals surface area contributed by atoms with E-state index in [9.17, 15) is 39.6 Å². The summed E-state index contributed by atoms with van der Waals surface area (Å²) in [6.07, 6.45) is -8.61. The molecule has 0 spiro atoms. The summed E-state index contributed by atoms with van der Waals surface area (Å²) >= 11 is 0.0580. The maximum Gasteiger partial charge on any atom is 0.445 e. The van der Waals surface area contributed by atoms with E-state index in [0.717, 1.165) is 31.4 Å². The molecule has 1 amide bonds. The summed E-state index contributed by atoms with van der Waals surface area (Å²) in [5.41, 5.74) is -2.24. The lowest BCUT2D eigenvalue weighted by Gasteiger charge is -2.16. The lowest BCUT2D eigenvalue weighted by molar-refractivity contribution is -0.141. The molecule has 16 heteroatoms. The van der Waals surface area contributed by atoms with Crippen molar-refractivity contribution in [1.29, 1.82) is 0 Å². The van der Waals surface area contributed by atoms with Crippen LogP contribution in [0.2, 0.25) is 0 Å². The molecule has 0 aliphatic rings. The molecule has 0 aliphatic heterocycles. The highest BCUT2D eigenvalue weighted by atomic mass is 32.2. The smallest absolute Gasteiger partial charge is 0.284 e. The minimum absolute atomic E-state index is 0.0580. The highest BCUT2D eigenvalue weighted by Gasteiger charge is 2.37. The molecule has 182 valence electrons. The first-order valence-corrected chi connectivity index (χ1v) is 11.6. The molecule has 8 nitrogen and oxygen atoms in total. The molecule has 0 unspecified atom stereocenters. The number of rotatable bonds is 5. The monoisotopic (exact) mass is 525 g/mol. The maximum atomic E-state index is 13.0. The van der Waals surface area contributed by atoms with Crippen LogP contribution in [0.15, 0.2) is 35.4 Å². The van der Waals surface area contributed by atoms with E-state index in [4.69, 9.17) is 0 Å². The van der Waals surface area contributed by atoms with Gasteiger partial charge in [0.15, 0.2) is 9.84 Å². The number of halogens is 6. The van der Waals surface area contributed by atoms with Crippen LogP contribution in [0, 0.1) is 0 Å². The average Bonchev–Trinajstić information content (AvgIpc) is 3.28. The standard InChI is InChI=1S/C18H13F6N5O3S2/c1-3-34(31,32)11-7-9(10-5-4-6-12(26-10)17(19,20)21)8-25-13(11)14(30)29(2)16-28-27-15(33-16)18(22,23)24/h4-8H,3H2,1-2H3. The molecule has 0 fully saturated rings. The molecule has 0 bridgehead atoms. The molecule has 3 rings (SSSR count). The molecule has 34 heavy (non-hydrogen) atoms. The van der Waals surface area contributed by atoms with Crippen LogP contribution in [0.4, 0.5) is 31.5 Å². The number of pyridine rings is 2. The van der Waals surface area contributed by atoms with E-state index in [1.807, 2.05) is 0 Å². The van der Waals surface area contributed by atoms with Crippen LogP contribution in [0.25, 0.3) is 11.3 Å². The van der Waals surface area contributed by atoms with Gasteiger partial charge in [-0.25, -0.2) is 18.4 Å². The molecular weight excluding hydrogens is 512 g/mol. The Kier molecular flexibility index (Phi) is 6.67. The lowest BCUT2D eigenvalue weighted by Crippen LogP contribution is -2.29. The van der Waals surface area contributed by atoms with Gasteiger partial charge in [0.1, 0.15) is 11.4 Å². The number of aromatic nitrogens is 4. The van der Waals surface area contributed by atoms with Crippen molar-refractivity contribution in [1.82, 2.24) is 20.2 Å². The van der Waals surface area contributed by atoms with Crippen LogP contribution in [0.5, 0.6) is 0 Å². The van der Waals surface area contributed by atoms with Crippen LogP contribution in [-0.4, -0.2) is 47.3 Å². The quantitative estimate of drug-likeness (QED) is 0.462. The second-order valence-corrected chi connectivity index (χ2v) is 9.83. The molecular formula is C18H13F6N5O3S2. The second-order valence-electron chi connectivity index (χ2n) is 6.63.